The lowest BCUT2D eigenvalue weighted by atomic mass is 9.90. The molecule has 100 valence electrons. The fourth-order valence-corrected chi connectivity index (χ4v) is 3.09. The van der Waals surface area contributed by atoms with E-state index in [-0.39, 0.29) is 11.9 Å². The Bertz CT molecular complexity index is 443. The Morgan fingerprint density at radius 2 is 2.33 bits per heavy atom. The Kier molecular flexibility index (Phi) is 4.12. The predicted molar refractivity (Wildman–Crippen MR) is 75.4 cm³/mol. The third kappa shape index (κ3) is 2.62. The number of rotatable bonds is 2. The van der Waals surface area contributed by atoms with Gasteiger partial charge in [0.1, 0.15) is 5.69 Å². The number of hydrogen-bond acceptors (Lipinski definition) is 2. The van der Waals surface area contributed by atoms with Crippen molar-refractivity contribution in [2.24, 2.45) is 18.7 Å². The van der Waals surface area contributed by atoms with Crippen molar-refractivity contribution in [3.63, 3.8) is 0 Å². The van der Waals surface area contributed by atoms with Gasteiger partial charge < -0.3 is 15.2 Å². The maximum atomic E-state index is 12.4. The van der Waals surface area contributed by atoms with Crippen molar-refractivity contribution in [3.05, 3.63) is 22.4 Å². The normalized spacial score (nSPS) is 24.3. The van der Waals surface area contributed by atoms with E-state index >= 15 is 0 Å². The number of carbonyl (C=O) groups excluding carboxylic acids is 1. The first kappa shape index (κ1) is 13.6. The minimum absolute atomic E-state index is 0.105. The number of likely N-dealkylation sites (tertiary alicyclic amines) is 1. The van der Waals surface area contributed by atoms with Crippen LogP contribution in [0.3, 0.4) is 0 Å². The van der Waals surface area contributed by atoms with Crippen LogP contribution in [0, 0.1) is 5.92 Å². The number of carbonyl (C=O) groups is 1. The molecule has 2 N–H and O–H groups in total. The zero-order valence-electron chi connectivity index (χ0n) is 10.9. The first-order valence-corrected chi connectivity index (χ1v) is 7.19. The lowest BCUT2D eigenvalue weighted by molar-refractivity contribution is 0.0639. The summed E-state index contributed by atoms with van der Waals surface area (Å²) in [6.45, 7) is 3.68. The average molecular weight is 314 g/mol. The number of aromatic nitrogens is 1. The van der Waals surface area contributed by atoms with Gasteiger partial charge in [0.2, 0.25) is 0 Å². The van der Waals surface area contributed by atoms with Crippen LogP contribution >= 0.6 is 15.9 Å². The molecule has 1 amide bonds. The smallest absolute Gasteiger partial charge is 0.270 e. The van der Waals surface area contributed by atoms with E-state index in [2.05, 4.69) is 22.9 Å². The molecule has 0 radical (unpaired) electrons. The molecule has 1 aliphatic heterocycles. The highest BCUT2D eigenvalue weighted by molar-refractivity contribution is 9.10. The van der Waals surface area contributed by atoms with Crippen LogP contribution in [0.15, 0.2) is 16.7 Å². The van der Waals surface area contributed by atoms with Crippen LogP contribution in [0.25, 0.3) is 0 Å². The van der Waals surface area contributed by atoms with Crippen LogP contribution < -0.4 is 5.73 Å². The van der Waals surface area contributed by atoms with E-state index in [4.69, 9.17) is 5.73 Å². The van der Waals surface area contributed by atoms with Gasteiger partial charge in [-0.15, -0.1) is 0 Å². The summed E-state index contributed by atoms with van der Waals surface area (Å²) in [5.41, 5.74) is 6.80. The van der Waals surface area contributed by atoms with E-state index in [0.717, 1.165) is 36.1 Å². The average Bonchev–Trinajstić information content (AvgIpc) is 2.68. The van der Waals surface area contributed by atoms with Gasteiger partial charge in [-0.25, -0.2) is 0 Å². The number of aryl methyl sites for hydroxylation is 1. The van der Waals surface area contributed by atoms with E-state index in [0.29, 0.717) is 5.92 Å². The van der Waals surface area contributed by atoms with Crippen LogP contribution in [0.1, 0.15) is 30.3 Å². The fourth-order valence-electron chi connectivity index (χ4n) is 2.57. The van der Waals surface area contributed by atoms with Crippen molar-refractivity contribution >= 4 is 21.8 Å². The molecule has 5 heteroatoms. The molecule has 1 saturated heterocycles. The summed E-state index contributed by atoms with van der Waals surface area (Å²) in [6.07, 6.45) is 3.83. The molecule has 1 aromatic rings. The van der Waals surface area contributed by atoms with Crippen molar-refractivity contribution in [1.29, 1.82) is 0 Å². The molecular weight excluding hydrogens is 294 g/mol. The van der Waals surface area contributed by atoms with Crippen LogP contribution in [0.5, 0.6) is 0 Å². The SMILES string of the molecule is CCC1CN(C(=O)c2cc(Br)cn2C)CCC1N. The van der Waals surface area contributed by atoms with E-state index < -0.39 is 0 Å². The van der Waals surface area contributed by atoms with Gasteiger partial charge in [0.05, 0.1) is 0 Å². The van der Waals surface area contributed by atoms with Gasteiger partial charge in [0, 0.05) is 36.8 Å². The molecule has 0 aromatic carbocycles. The number of amides is 1. The molecule has 0 aliphatic carbocycles. The molecule has 4 nitrogen and oxygen atoms in total. The number of hydrogen-bond donors (Lipinski definition) is 1. The predicted octanol–water partition coefficient (Wildman–Crippen LogP) is 1.99. The summed E-state index contributed by atoms with van der Waals surface area (Å²) in [5, 5.41) is 0. The maximum Gasteiger partial charge on any atom is 0.270 e. The van der Waals surface area contributed by atoms with Gasteiger partial charge in [0.15, 0.2) is 0 Å². The van der Waals surface area contributed by atoms with Gasteiger partial charge >= 0.3 is 0 Å². The Hall–Kier alpha value is -0.810. The van der Waals surface area contributed by atoms with E-state index in [1.807, 2.05) is 28.8 Å². The molecular formula is C13H20BrN3O. The van der Waals surface area contributed by atoms with Gasteiger partial charge in [-0.1, -0.05) is 13.3 Å². The zero-order chi connectivity index (χ0) is 13.3. The Morgan fingerprint density at radius 1 is 1.61 bits per heavy atom. The number of nitrogens with two attached hydrogens (primary N) is 1. The van der Waals surface area contributed by atoms with Gasteiger partial charge in [-0.05, 0) is 34.3 Å². The molecule has 0 bridgehead atoms. The summed E-state index contributed by atoms with van der Waals surface area (Å²) in [5.74, 6) is 0.528. The van der Waals surface area contributed by atoms with Crippen LogP contribution in [-0.4, -0.2) is 34.5 Å². The molecule has 2 heterocycles. The summed E-state index contributed by atoms with van der Waals surface area (Å²) < 4.78 is 2.80. The number of nitrogens with zero attached hydrogens (tertiary/aromatic N) is 2. The van der Waals surface area contributed by atoms with Gasteiger partial charge in [-0.2, -0.15) is 0 Å². The highest BCUT2D eigenvalue weighted by Gasteiger charge is 2.29. The van der Waals surface area contributed by atoms with Crippen molar-refractivity contribution in [1.82, 2.24) is 9.47 Å². The molecule has 2 rings (SSSR count). The van der Waals surface area contributed by atoms with Crippen molar-refractivity contribution in [3.8, 4) is 0 Å². The minimum atomic E-state index is 0.105. The summed E-state index contributed by atoms with van der Waals surface area (Å²) in [4.78, 5) is 14.4. The van der Waals surface area contributed by atoms with Crippen LogP contribution in [0.2, 0.25) is 0 Å². The highest BCUT2D eigenvalue weighted by Crippen LogP contribution is 2.22. The van der Waals surface area contributed by atoms with E-state index in [1.54, 1.807) is 0 Å². The second-order valence-electron chi connectivity index (χ2n) is 5.03. The Balaban J connectivity index is 2.12. The van der Waals surface area contributed by atoms with Crippen molar-refractivity contribution in [2.45, 2.75) is 25.8 Å². The van der Waals surface area contributed by atoms with Gasteiger partial charge in [-0.3, -0.25) is 4.79 Å². The molecule has 1 aliphatic rings. The Morgan fingerprint density at radius 3 is 2.89 bits per heavy atom. The second-order valence-corrected chi connectivity index (χ2v) is 5.94. The molecule has 18 heavy (non-hydrogen) atoms. The third-order valence-corrected chi connectivity index (χ3v) is 4.23. The Labute approximate surface area is 116 Å². The summed E-state index contributed by atoms with van der Waals surface area (Å²) in [7, 11) is 1.89. The molecule has 1 fully saturated rings. The van der Waals surface area contributed by atoms with Gasteiger partial charge in [0.25, 0.3) is 5.91 Å². The summed E-state index contributed by atoms with van der Waals surface area (Å²) in [6, 6.07) is 2.11. The lowest BCUT2D eigenvalue weighted by Crippen LogP contribution is -2.49. The second kappa shape index (κ2) is 5.45. The van der Waals surface area contributed by atoms with Crippen LogP contribution in [-0.2, 0) is 7.05 Å². The van der Waals surface area contributed by atoms with E-state index in [1.165, 1.54) is 0 Å². The molecule has 2 unspecified atom stereocenters. The topological polar surface area (TPSA) is 51.3 Å². The quantitative estimate of drug-likeness (QED) is 0.907. The molecule has 1 aromatic heterocycles. The molecule has 0 saturated carbocycles. The number of halogens is 1. The molecule has 2 atom stereocenters. The maximum absolute atomic E-state index is 12.4. The van der Waals surface area contributed by atoms with Crippen molar-refractivity contribution in [2.75, 3.05) is 13.1 Å². The minimum Gasteiger partial charge on any atom is -0.345 e. The van der Waals surface area contributed by atoms with Crippen molar-refractivity contribution < 1.29 is 4.79 Å². The molecule has 0 spiro atoms. The lowest BCUT2D eigenvalue weighted by Gasteiger charge is -2.36. The highest BCUT2D eigenvalue weighted by atomic mass is 79.9. The summed E-state index contributed by atoms with van der Waals surface area (Å²) >= 11 is 3.40. The third-order valence-electron chi connectivity index (χ3n) is 3.80. The zero-order valence-corrected chi connectivity index (χ0v) is 12.5. The monoisotopic (exact) mass is 313 g/mol. The fraction of sp³-hybridized carbons (Fsp3) is 0.615. The standard InChI is InChI=1S/C13H20BrN3O/c1-3-9-7-17(5-4-11(9)15)13(18)12-6-10(14)8-16(12)2/h6,8-9,11H,3-5,7,15H2,1-2H3. The number of piperidine rings is 1. The first-order valence-electron chi connectivity index (χ1n) is 6.39. The first-order chi connectivity index (χ1) is 8.52. The largest absolute Gasteiger partial charge is 0.345 e. The van der Waals surface area contributed by atoms with Crippen LogP contribution in [0.4, 0.5) is 0 Å². The van der Waals surface area contributed by atoms with E-state index in [9.17, 15) is 4.79 Å².